The van der Waals surface area contributed by atoms with E-state index in [-0.39, 0.29) is 17.5 Å². The minimum atomic E-state index is -1.22. The highest BCUT2D eigenvalue weighted by Gasteiger charge is 2.57. The van der Waals surface area contributed by atoms with Crippen molar-refractivity contribution in [3.63, 3.8) is 0 Å². The molecule has 0 spiro atoms. The van der Waals surface area contributed by atoms with Crippen molar-refractivity contribution in [3.8, 4) is 0 Å². The van der Waals surface area contributed by atoms with E-state index in [1.165, 1.54) is 4.90 Å². The molecule has 1 unspecified atom stereocenters. The molecule has 32 heavy (non-hydrogen) atoms. The average Bonchev–Trinajstić information content (AvgIpc) is 2.65. The Morgan fingerprint density at radius 1 is 1.06 bits per heavy atom. The molecule has 11 heteroatoms. The molecule has 3 rings (SSSR count). The van der Waals surface area contributed by atoms with Crippen LogP contribution in [-0.4, -0.2) is 69.6 Å². The van der Waals surface area contributed by atoms with Crippen LogP contribution in [0.15, 0.2) is 6.07 Å². The molecule has 3 heterocycles. The van der Waals surface area contributed by atoms with Crippen LogP contribution in [0.3, 0.4) is 0 Å². The second-order valence-corrected chi connectivity index (χ2v) is 10.3. The van der Waals surface area contributed by atoms with E-state index in [1.54, 1.807) is 47.6 Å². The van der Waals surface area contributed by atoms with Crippen LogP contribution in [0.25, 0.3) is 0 Å². The number of nitrogens with zero attached hydrogens (tertiary/aromatic N) is 5. The van der Waals surface area contributed by atoms with E-state index in [4.69, 9.17) is 21.1 Å². The van der Waals surface area contributed by atoms with Crippen molar-refractivity contribution < 1.29 is 23.9 Å². The summed E-state index contributed by atoms with van der Waals surface area (Å²) in [5.74, 6) is -0.477. The van der Waals surface area contributed by atoms with Gasteiger partial charge in [-0.3, -0.25) is 4.79 Å². The third kappa shape index (κ3) is 4.46. The quantitative estimate of drug-likeness (QED) is 0.616. The van der Waals surface area contributed by atoms with E-state index in [2.05, 4.69) is 10.2 Å². The molecule has 0 radical (unpaired) electrons. The van der Waals surface area contributed by atoms with Crippen molar-refractivity contribution in [2.75, 3.05) is 29.4 Å². The number of fused-ring (bicyclic) bond motifs is 3. The Morgan fingerprint density at radius 3 is 2.22 bits per heavy atom. The highest BCUT2D eigenvalue weighted by molar-refractivity contribution is 6.30. The van der Waals surface area contributed by atoms with Gasteiger partial charge >= 0.3 is 12.2 Å². The minimum Gasteiger partial charge on any atom is -0.444 e. The van der Waals surface area contributed by atoms with Gasteiger partial charge in [0.25, 0.3) is 5.91 Å². The Morgan fingerprint density at radius 2 is 1.66 bits per heavy atom. The first-order valence-corrected chi connectivity index (χ1v) is 10.9. The average molecular weight is 468 g/mol. The van der Waals surface area contributed by atoms with Gasteiger partial charge in [-0.1, -0.05) is 18.5 Å². The highest BCUT2D eigenvalue weighted by atomic mass is 35.5. The molecular weight excluding hydrogens is 438 g/mol. The fourth-order valence-electron chi connectivity index (χ4n) is 3.88. The van der Waals surface area contributed by atoms with Gasteiger partial charge in [0.1, 0.15) is 16.7 Å². The van der Waals surface area contributed by atoms with Crippen molar-refractivity contribution in [1.82, 2.24) is 15.1 Å². The minimum absolute atomic E-state index is 0.0376. The van der Waals surface area contributed by atoms with Gasteiger partial charge < -0.3 is 19.3 Å². The molecule has 2 aliphatic heterocycles. The molecule has 1 saturated heterocycles. The van der Waals surface area contributed by atoms with E-state index >= 15 is 0 Å². The lowest BCUT2D eigenvalue weighted by atomic mass is 9.86. The SMILES string of the molecule is CCC12CN(C(=O)OC(C)(C)C)CCN1c1cc(Cl)nnc1N(C(=O)OC(C)(C)C)C2=O. The number of piperazine rings is 1. The number of ether oxygens (including phenoxy) is 2. The molecular formula is C21H30ClN5O5. The Balaban J connectivity index is 2.07. The second kappa shape index (κ2) is 8.06. The summed E-state index contributed by atoms with van der Waals surface area (Å²) in [4.78, 5) is 43.9. The topological polar surface area (TPSA) is 105 Å². The third-order valence-electron chi connectivity index (χ3n) is 5.20. The van der Waals surface area contributed by atoms with E-state index in [9.17, 15) is 14.4 Å². The fourth-order valence-corrected chi connectivity index (χ4v) is 4.02. The van der Waals surface area contributed by atoms with Gasteiger partial charge in [-0.15, -0.1) is 10.2 Å². The van der Waals surface area contributed by atoms with Crippen LogP contribution >= 0.6 is 11.6 Å². The smallest absolute Gasteiger partial charge is 0.423 e. The van der Waals surface area contributed by atoms with E-state index in [1.807, 2.05) is 11.8 Å². The molecule has 0 bridgehead atoms. The third-order valence-corrected chi connectivity index (χ3v) is 5.39. The van der Waals surface area contributed by atoms with Crippen LogP contribution in [-0.2, 0) is 14.3 Å². The summed E-state index contributed by atoms with van der Waals surface area (Å²) in [6.45, 7) is 13.0. The van der Waals surface area contributed by atoms with Crippen LogP contribution in [0.4, 0.5) is 21.1 Å². The zero-order chi connectivity index (χ0) is 24.1. The second-order valence-electron chi connectivity index (χ2n) is 9.94. The molecule has 0 N–H and O–H groups in total. The fraction of sp³-hybridized carbons (Fsp3) is 0.667. The summed E-state index contributed by atoms with van der Waals surface area (Å²) >= 11 is 6.11. The van der Waals surface area contributed by atoms with Crippen LogP contribution in [0, 0.1) is 0 Å². The predicted octanol–water partition coefficient (Wildman–Crippen LogP) is 3.62. The molecule has 1 atom stereocenters. The summed E-state index contributed by atoms with van der Waals surface area (Å²) in [7, 11) is 0. The standard InChI is InChI=1S/C21H30ClN5O5/c1-8-21-12-25(17(29)31-19(2,3)4)9-10-26(21)13-11-14(22)23-24-15(13)27(16(21)28)18(30)32-20(5,6)7/h11H,8-10,12H2,1-7H3. The van der Waals surface area contributed by atoms with Gasteiger partial charge in [0.05, 0.1) is 12.2 Å². The zero-order valence-electron chi connectivity index (χ0n) is 19.6. The number of carbonyl (C=O) groups is 3. The number of amides is 3. The molecule has 176 valence electrons. The van der Waals surface area contributed by atoms with Crippen molar-refractivity contribution in [2.24, 2.45) is 0 Å². The van der Waals surface area contributed by atoms with Gasteiger partial charge in [0.2, 0.25) is 0 Å². The number of halogens is 1. The molecule has 0 aromatic carbocycles. The number of hydrogen-bond acceptors (Lipinski definition) is 8. The molecule has 0 aliphatic carbocycles. The lowest BCUT2D eigenvalue weighted by Gasteiger charge is -2.54. The normalized spacial score (nSPS) is 21.1. The number of aromatic nitrogens is 2. The predicted molar refractivity (Wildman–Crippen MR) is 119 cm³/mol. The Kier molecular flexibility index (Phi) is 6.05. The van der Waals surface area contributed by atoms with Gasteiger partial charge in [0.15, 0.2) is 11.0 Å². The summed E-state index contributed by atoms with van der Waals surface area (Å²) in [6.07, 6.45) is -1.05. The van der Waals surface area contributed by atoms with Crippen molar-refractivity contribution in [1.29, 1.82) is 0 Å². The molecule has 0 saturated carbocycles. The monoisotopic (exact) mass is 467 g/mol. The number of hydrogen-bond donors (Lipinski definition) is 0. The molecule has 1 aromatic rings. The van der Waals surface area contributed by atoms with Crippen LogP contribution < -0.4 is 9.80 Å². The Bertz CT molecular complexity index is 941. The highest BCUT2D eigenvalue weighted by Crippen LogP contribution is 2.43. The first-order chi connectivity index (χ1) is 14.7. The maximum Gasteiger partial charge on any atom is 0.423 e. The van der Waals surface area contributed by atoms with Crippen molar-refractivity contribution in [2.45, 2.75) is 71.6 Å². The molecule has 3 amide bonds. The summed E-state index contributed by atoms with van der Waals surface area (Å²) in [5, 5.41) is 7.99. The molecule has 10 nitrogen and oxygen atoms in total. The Hall–Kier alpha value is -2.62. The molecule has 2 aliphatic rings. The Labute approximate surface area is 192 Å². The summed E-state index contributed by atoms with van der Waals surface area (Å²) < 4.78 is 11.0. The number of anilines is 2. The maximum absolute atomic E-state index is 13.8. The maximum atomic E-state index is 13.8. The number of rotatable bonds is 1. The van der Waals surface area contributed by atoms with Crippen LogP contribution in [0.5, 0.6) is 0 Å². The number of carbonyl (C=O) groups excluding carboxylic acids is 3. The first kappa shape index (κ1) is 24.0. The van der Waals surface area contributed by atoms with Crippen molar-refractivity contribution >= 4 is 41.2 Å². The lowest BCUT2D eigenvalue weighted by molar-refractivity contribution is -0.125. The summed E-state index contributed by atoms with van der Waals surface area (Å²) in [6, 6.07) is 1.57. The van der Waals surface area contributed by atoms with E-state index in [0.717, 1.165) is 4.90 Å². The largest absolute Gasteiger partial charge is 0.444 e. The van der Waals surface area contributed by atoms with Gasteiger partial charge in [-0.05, 0) is 48.0 Å². The van der Waals surface area contributed by atoms with Crippen LogP contribution in [0.1, 0.15) is 54.9 Å². The lowest BCUT2D eigenvalue weighted by Crippen LogP contribution is -2.73. The van der Waals surface area contributed by atoms with Gasteiger partial charge in [0, 0.05) is 19.2 Å². The van der Waals surface area contributed by atoms with Crippen LogP contribution in [0.2, 0.25) is 5.15 Å². The van der Waals surface area contributed by atoms with E-state index in [0.29, 0.717) is 25.2 Å². The summed E-state index contributed by atoms with van der Waals surface area (Å²) in [5.41, 5.74) is -2.24. The zero-order valence-corrected chi connectivity index (χ0v) is 20.3. The first-order valence-electron chi connectivity index (χ1n) is 10.5. The number of imide groups is 1. The van der Waals surface area contributed by atoms with E-state index < -0.39 is 34.8 Å². The van der Waals surface area contributed by atoms with Gasteiger partial charge in [-0.25, -0.2) is 9.59 Å². The van der Waals surface area contributed by atoms with Gasteiger partial charge in [-0.2, -0.15) is 4.90 Å². The molecule has 1 fully saturated rings. The molecule has 1 aromatic heterocycles. The van der Waals surface area contributed by atoms with Crippen molar-refractivity contribution in [3.05, 3.63) is 11.2 Å².